The number of benzene rings is 1. The van der Waals surface area contributed by atoms with Crippen molar-refractivity contribution >= 4 is 10.8 Å². The summed E-state index contributed by atoms with van der Waals surface area (Å²) in [4.78, 5) is 0. The minimum atomic E-state index is -0.219. The fourth-order valence-electron chi connectivity index (χ4n) is 1.30. The first-order valence-electron chi connectivity index (χ1n) is 3.65. The van der Waals surface area contributed by atoms with Gasteiger partial charge in [-0.05, 0) is 12.1 Å². The van der Waals surface area contributed by atoms with E-state index in [9.17, 15) is 10.2 Å². The molecule has 0 amide bonds. The monoisotopic (exact) mass is 235 g/mol. The molecular weight excluding hydrogens is 225 g/mol. The molecule has 0 bridgehead atoms. The molecule has 0 aliphatic heterocycles. The third-order valence-corrected chi connectivity index (χ3v) is 1.91. The van der Waals surface area contributed by atoms with Gasteiger partial charge in [-0.25, -0.2) is 0 Å². The molecule has 15 heavy (non-hydrogen) atoms. The van der Waals surface area contributed by atoms with Crippen molar-refractivity contribution in [1.29, 1.82) is 5.53 Å². The Bertz CT molecular complexity index is 450. The Kier molecular flexibility index (Phi) is 5.42. The van der Waals surface area contributed by atoms with Gasteiger partial charge in [-0.2, -0.15) is 5.53 Å². The van der Waals surface area contributed by atoms with E-state index in [-0.39, 0.29) is 70.0 Å². The van der Waals surface area contributed by atoms with Crippen LogP contribution in [0.25, 0.3) is 10.8 Å². The molecule has 2 rings (SSSR count). The van der Waals surface area contributed by atoms with E-state index in [0.29, 0.717) is 10.8 Å². The van der Waals surface area contributed by atoms with Crippen molar-refractivity contribution in [1.82, 2.24) is 4.68 Å². The first kappa shape index (κ1) is 14.6. The number of hydrogen-bond donors (Lipinski definition) is 3. The molecule has 0 unspecified atom stereocenters. The Balaban J connectivity index is 0. The van der Waals surface area contributed by atoms with Crippen molar-refractivity contribution in [3.8, 4) is 11.8 Å². The molecular formula is C8H10KN3O3. The van der Waals surface area contributed by atoms with Gasteiger partial charge in [0.1, 0.15) is 0 Å². The third-order valence-electron chi connectivity index (χ3n) is 1.91. The van der Waals surface area contributed by atoms with Crippen LogP contribution in [0.2, 0.25) is 0 Å². The van der Waals surface area contributed by atoms with E-state index in [1.165, 1.54) is 0 Å². The molecule has 0 saturated heterocycles. The molecule has 0 atom stereocenters. The van der Waals surface area contributed by atoms with Crippen LogP contribution in [0.15, 0.2) is 29.5 Å². The molecule has 1 aromatic heterocycles. The van der Waals surface area contributed by atoms with Gasteiger partial charge in [0.2, 0.25) is 11.8 Å². The molecule has 2 aromatic rings. The molecule has 5 N–H and O–H groups in total. The van der Waals surface area contributed by atoms with Crippen molar-refractivity contribution in [3.05, 3.63) is 24.3 Å². The second-order valence-electron chi connectivity index (χ2n) is 2.60. The predicted molar refractivity (Wildman–Crippen MR) is 50.5 cm³/mol. The summed E-state index contributed by atoms with van der Waals surface area (Å²) in [6.45, 7) is 0. The zero-order valence-electron chi connectivity index (χ0n) is 9.10. The Morgan fingerprint density at radius 1 is 1.13 bits per heavy atom. The standard InChI is InChI=1S/C8H7N3O2.K.H2O.H/c9-10-11-7(12)5-3-1-2-4-6(5)8(11)13;;;/h1-4,9,12-13H;;1H2;/q;+1;;-1. The van der Waals surface area contributed by atoms with Crippen LogP contribution in [0.5, 0.6) is 11.8 Å². The number of hydrogen-bond acceptors (Lipinski definition) is 4. The summed E-state index contributed by atoms with van der Waals surface area (Å²) in [5, 5.41) is 22.9. The van der Waals surface area contributed by atoms with E-state index in [1.807, 2.05) is 0 Å². The van der Waals surface area contributed by atoms with Gasteiger partial charge in [0.05, 0.1) is 0 Å². The molecule has 0 saturated carbocycles. The minimum absolute atomic E-state index is 0. The van der Waals surface area contributed by atoms with Crippen molar-refractivity contribution in [2.75, 3.05) is 0 Å². The maximum Gasteiger partial charge on any atom is 1.00 e. The largest absolute Gasteiger partial charge is 1.00 e. The predicted octanol–water partition coefficient (Wildman–Crippen LogP) is -1.86. The molecule has 0 fully saturated rings. The maximum absolute atomic E-state index is 9.46. The van der Waals surface area contributed by atoms with Gasteiger partial charge in [-0.15, -0.1) is 4.68 Å². The first-order valence-corrected chi connectivity index (χ1v) is 3.65. The zero-order valence-corrected chi connectivity index (χ0v) is 11.2. The van der Waals surface area contributed by atoms with Crippen molar-refractivity contribution in [2.45, 2.75) is 0 Å². The SMILES string of the molecule is N=Nn1c(O)c2ccccc2c1O.O.[H-].[K+]. The van der Waals surface area contributed by atoms with Gasteiger partial charge in [0.25, 0.3) is 0 Å². The van der Waals surface area contributed by atoms with E-state index in [2.05, 4.69) is 5.22 Å². The summed E-state index contributed by atoms with van der Waals surface area (Å²) < 4.78 is 0.769. The average molecular weight is 235 g/mol. The van der Waals surface area contributed by atoms with E-state index in [0.717, 1.165) is 4.68 Å². The van der Waals surface area contributed by atoms with E-state index in [1.54, 1.807) is 24.3 Å². The van der Waals surface area contributed by atoms with Crippen molar-refractivity contribution in [2.24, 2.45) is 5.22 Å². The van der Waals surface area contributed by atoms with Crippen LogP contribution in [0.1, 0.15) is 1.43 Å². The smallest absolute Gasteiger partial charge is 1.00 e. The third kappa shape index (κ3) is 2.22. The van der Waals surface area contributed by atoms with Crippen molar-refractivity contribution < 1.29 is 68.5 Å². The Morgan fingerprint density at radius 3 is 1.87 bits per heavy atom. The number of rotatable bonds is 1. The minimum Gasteiger partial charge on any atom is -1.00 e. The first-order chi connectivity index (χ1) is 6.25. The number of aromatic nitrogens is 1. The van der Waals surface area contributed by atoms with Gasteiger partial charge in [-0.1, -0.05) is 17.4 Å². The summed E-state index contributed by atoms with van der Waals surface area (Å²) in [7, 11) is 0. The molecule has 0 radical (unpaired) electrons. The average Bonchev–Trinajstić information content (AvgIpc) is 2.41. The van der Waals surface area contributed by atoms with Gasteiger partial charge >= 0.3 is 51.4 Å². The van der Waals surface area contributed by atoms with Crippen molar-refractivity contribution in [3.63, 3.8) is 0 Å². The fourth-order valence-corrected chi connectivity index (χ4v) is 1.30. The molecule has 1 aromatic carbocycles. The molecule has 6 nitrogen and oxygen atoms in total. The normalized spacial score (nSPS) is 9.07. The Hall–Kier alpha value is -0.444. The van der Waals surface area contributed by atoms with E-state index >= 15 is 0 Å². The van der Waals surface area contributed by atoms with Crippen LogP contribution in [-0.2, 0) is 0 Å². The number of aromatic hydroxyl groups is 2. The number of nitrogens with one attached hydrogen (secondary N) is 1. The van der Waals surface area contributed by atoms with Gasteiger partial charge < -0.3 is 17.1 Å². The molecule has 76 valence electrons. The number of fused-ring (bicyclic) bond motifs is 1. The molecule has 0 aliphatic carbocycles. The quantitative estimate of drug-likeness (QED) is 0.397. The summed E-state index contributed by atoms with van der Waals surface area (Å²) in [5.41, 5.74) is 6.73. The summed E-state index contributed by atoms with van der Waals surface area (Å²) in [5.74, 6) is -0.439. The van der Waals surface area contributed by atoms with Gasteiger partial charge in [-0.3, -0.25) is 0 Å². The molecule has 1 heterocycles. The van der Waals surface area contributed by atoms with E-state index in [4.69, 9.17) is 5.53 Å². The zero-order chi connectivity index (χ0) is 9.42. The Labute approximate surface area is 129 Å². The van der Waals surface area contributed by atoms with Crippen LogP contribution >= 0.6 is 0 Å². The molecule has 0 aliphatic rings. The van der Waals surface area contributed by atoms with E-state index < -0.39 is 0 Å². The maximum atomic E-state index is 9.46. The van der Waals surface area contributed by atoms with Gasteiger partial charge in [0.15, 0.2) is 0 Å². The molecule has 0 spiro atoms. The second kappa shape index (κ2) is 5.59. The van der Waals surface area contributed by atoms with Crippen LogP contribution in [-0.4, -0.2) is 20.4 Å². The topological polar surface area (TPSA) is 113 Å². The van der Waals surface area contributed by atoms with Crippen LogP contribution in [0.4, 0.5) is 0 Å². The summed E-state index contributed by atoms with van der Waals surface area (Å²) >= 11 is 0. The fraction of sp³-hybridized carbons (Fsp3) is 0. The summed E-state index contributed by atoms with van der Waals surface area (Å²) in [6, 6.07) is 6.75. The number of nitrogens with zero attached hydrogens (tertiary/aromatic N) is 2. The summed E-state index contributed by atoms with van der Waals surface area (Å²) in [6.07, 6.45) is 0. The van der Waals surface area contributed by atoms with Crippen LogP contribution in [0.3, 0.4) is 0 Å². The van der Waals surface area contributed by atoms with Crippen LogP contribution in [0, 0.1) is 5.53 Å². The molecule has 7 heteroatoms. The second-order valence-corrected chi connectivity index (χ2v) is 2.60. The van der Waals surface area contributed by atoms with Gasteiger partial charge in [0, 0.05) is 10.8 Å². The van der Waals surface area contributed by atoms with Crippen LogP contribution < -0.4 is 51.4 Å². The Morgan fingerprint density at radius 2 is 1.53 bits per heavy atom.